The van der Waals surface area contributed by atoms with Gasteiger partial charge in [0.25, 0.3) is 0 Å². The second-order valence-corrected chi connectivity index (χ2v) is 6.80. The van der Waals surface area contributed by atoms with Gasteiger partial charge < -0.3 is 9.47 Å². The molecule has 0 saturated carbocycles. The fraction of sp³-hybridized carbons (Fsp3) is 0.200. The molecule has 29 heavy (non-hydrogen) atoms. The molecule has 3 aromatic rings. The van der Waals surface area contributed by atoms with Gasteiger partial charge in [-0.1, -0.05) is 54.1 Å². The van der Waals surface area contributed by atoms with Crippen LogP contribution in [-0.4, -0.2) is 18.9 Å². The van der Waals surface area contributed by atoms with E-state index in [-0.39, 0.29) is 12.4 Å². The number of aldehydes is 1. The number of carbonyl (C=O) groups is 2. The van der Waals surface area contributed by atoms with E-state index in [1.165, 1.54) is 0 Å². The molecule has 4 heteroatoms. The molecular formula is C25H24O4. The van der Waals surface area contributed by atoms with Crippen molar-refractivity contribution in [2.75, 3.05) is 6.61 Å². The van der Waals surface area contributed by atoms with Gasteiger partial charge in [0.1, 0.15) is 12.4 Å². The van der Waals surface area contributed by atoms with Crippen molar-refractivity contribution >= 4 is 12.3 Å². The number of ether oxygens (including phenoxy) is 2. The third-order valence-corrected chi connectivity index (χ3v) is 4.56. The molecule has 0 bridgehead atoms. The van der Waals surface area contributed by atoms with Crippen LogP contribution in [0, 0.1) is 6.92 Å². The maximum absolute atomic E-state index is 11.9. The SMILES string of the molecule is CCOC(=O)Cc1ccc(OCc2ccccc2)c(-c2ccc(C)cc2C=O)c1. The first-order valence-corrected chi connectivity index (χ1v) is 9.62. The van der Waals surface area contributed by atoms with E-state index >= 15 is 0 Å². The summed E-state index contributed by atoms with van der Waals surface area (Å²) in [6.07, 6.45) is 1.02. The summed E-state index contributed by atoms with van der Waals surface area (Å²) in [6.45, 7) is 4.48. The Morgan fingerprint density at radius 3 is 2.45 bits per heavy atom. The summed E-state index contributed by atoms with van der Waals surface area (Å²) < 4.78 is 11.1. The molecule has 3 rings (SSSR count). The average Bonchev–Trinajstić information content (AvgIpc) is 2.73. The summed E-state index contributed by atoms with van der Waals surface area (Å²) in [5, 5.41) is 0. The zero-order valence-electron chi connectivity index (χ0n) is 16.7. The quantitative estimate of drug-likeness (QED) is 0.395. The van der Waals surface area contributed by atoms with Crippen molar-refractivity contribution in [3.63, 3.8) is 0 Å². The van der Waals surface area contributed by atoms with Crippen molar-refractivity contribution in [3.05, 3.63) is 89.0 Å². The monoisotopic (exact) mass is 388 g/mol. The van der Waals surface area contributed by atoms with Crippen LogP contribution in [0.2, 0.25) is 0 Å². The highest BCUT2D eigenvalue weighted by atomic mass is 16.5. The standard InChI is InChI=1S/C25H24O4/c1-3-28-25(27)15-20-10-12-24(29-17-19-7-5-4-6-8-19)23(14-20)22-11-9-18(2)13-21(22)16-26/h4-14,16H,3,15,17H2,1-2H3. The van der Waals surface area contributed by atoms with Gasteiger partial charge >= 0.3 is 5.97 Å². The van der Waals surface area contributed by atoms with E-state index in [4.69, 9.17) is 9.47 Å². The molecule has 0 N–H and O–H groups in total. The molecule has 148 valence electrons. The van der Waals surface area contributed by atoms with Crippen molar-refractivity contribution in [1.82, 2.24) is 0 Å². The molecule has 0 aliphatic rings. The van der Waals surface area contributed by atoms with Crippen molar-refractivity contribution < 1.29 is 19.1 Å². The molecule has 0 aliphatic heterocycles. The van der Waals surface area contributed by atoms with Gasteiger partial charge in [0.15, 0.2) is 6.29 Å². The predicted molar refractivity (Wildman–Crippen MR) is 113 cm³/mol. The fourth-order valence-corrected chi connectivity index (χ4v) is 3.16. The molecule has 0 aliphatic carbocycles. The van der Waals surface area contributed by atoms with E-state index in [1.807, 2.05) is 73.7 Å². The highest BCUT2D eigenvalue weighted by molar-refractivity contribution is 5.90. The van der Waals surface area contributed by atoms with Crippen molar-refractivity contribution in [2.45, 2.75) is 26.9 Å². The molecular weight excluding hydrogens is 364 g/mol. The van der Waals surface area contributed by atoms with Crippen LogP contribution in [-0.2, 0) is 22.6 Å². The highest BCUT2D eigenvalue weighted by Gasteiger charge is 2.14. The van der Waals surface area contributed by atoms with Crippen LogP contribution in [0.5, 0.6) is 5.75 Å². The number of hydrogen-bond donors (Lipinski definition) is 0. The van der Waals surface area contributed by atoms with E-state index in [0.29, 0.717) is 24.5 Å². The van der Waals surface area contributed by atoms with Crippen molar-refractivity contribution in [3.8, 4) is 16.9 Å². The predicted octanol–water partition coefficient (Wildman–Crippen LogP) is 5.16. The number of aryl methyl sites for hydroxylation is 1. The summed E-state index contributed by atoms with van der Waals surface area (Å²) in [5.41, 5.74) is 5.01. The summed E-state index contributed by atoms with van der Waals surface area (Å²) in [4.78, 5) is 23.6. The van der Waals surface area contributed by atoms with Gasteiger partial charge in [-0.15, -0.1) is 0 Å². The lowest BCUT2D eigenvalue weighted by atomic mass is 9.95. The van der Waals surface area contributed by atoms with Crippen molar-refractivity contribution in [2.24, 2.45) is 0 Å². The van der Waals surface area contributed by atoms with Crippen LogP contribution >= 0.6 is 0 Å². The summed E-state index contributed by atoms with van der Waals surface area (Å²) in [6, 6.07) is 21.2. The lowest BCUT2D eigenvalue weighted by Gasteiger charge is -2.15. The molecule has 0 unspecified atom stereocenters. The van der Waals surface area contributed by atoms with Crippen LogP contribution in [0.25, 0.3) is 11.1 Å². The van der Waals surface area contributed by atoms with Crippen LogP contribution < -0.4 is 4.74 Å². The maximum Gasteiger partial charge on any atom is 0.310 e. The summed E-state index contributed by atoms with van der Waals surface area (Å²) >= 11 is 0. The minimum Gasteiger partial charge on any atom is -0.488 e. The van der Waals surface area contributed by atoms with Gasteiger partial charge in [0.2, 0.25) is 0 Å². The number of carbonyl (C=O) groups excluding carboxylic acids is 2. The summed E-state index contributed by atoms with van der Waals surface area (Å²) in [7, 11) is 0. The molecule has 0 heterocycles. The maximum atomic E-state index is 11.9. The first-order chi connectivity index (χ1) is 14.1. The molecule has 4 nitrogen and oxygen atoms in total. The molecule has 0 amide bonds. The second-order valence-electron chi connectivity index (χ2n) is 6.80. The van der Waals surface area contributed by atoms with Crippen molar-refractivity contribution in [1.29, 1.82) is 0 Å². The minimum atomic E-state index is -0.282. The van der Waals surface area contributed by atoms with E-state index < -0.39 is 0 Å². The number of esters is 1. The van der Waals surface area contributed by atoms with E-state index in [0.717, 1.165) is 34.1 Å². The van der Waals surface area contributed by atoms with E-state index in [1.54, 1.807) is 6.92 Å². The van der Waals surface area contributed by atoms with Gasteiger partial charge in [-0.2, -0.15) is 0 Å². The molecule has 0 aromatic heterocycles. The first kappa shape index (κ1) is 20.3. The molecule has 0 atom stereocenters. The number of benzene rings is 3. The minimum absolute atomic E-state index is 0.169. The van der Waals surface area contributed by atoms with Crippen LogP contribution in [0.3, 0.4) is 0 Å². The van der Waals surface area contributed by atoms with Crippen LogP contribution in [0.15, 0.2) is 66.7 Å². The Kier molecular flexibility index (Phi) is 6.80. The fourth-order valence-electron chi connectivity index (χ4n) is 3.16. The Labute approximate surface area is 171 Å². The third-order valence-electron chi connectivity index (χ3n) is 4.56. The number of rotatable bonds is 8. The third kappa shape index (κ3) is 5.32. The normalized spacial score (nSPS) is 10.4. The Hall–Kier alpha value is -3.40. The largest absolute Gasteiger partial charge is 0.488 e. The Balaban J connectivity index is 1.98. The van der Waals surface area contributed by atoms with Crippen LogP contribution in [0.4, 0.5) is 0 Å². The Morgan fingerprint density at radius 2 is 1.72 bits per heavy atom. The van der Waals surface area contributed by atoms with Gasteiger partial charge in [-0.05, 0) is 48.7 Å². The molecule has 0 fully saturated rings. The van der Waals surface area contributed by atoms with Gasteiger partial charge in [-0.25, -0.2) is 0 Å². The van der Waals surface area contributed by atoms with Gasteiger partial charge in [0, 0.05) is 11.1 Å². The smallest absolute Gasteiger partial charge is 0.310 e. The molecule has 0 saturated heterocycles. The van der Waals surface area contributed by atoms with E-state index in [9.17, 15) is 9.59 Å². The van der Waals surface area contributed by atoms with Gasteiger partial charge in [0.05, 0.1) is 13.0 Å². The second kappa shape index (κ2) is 9.69. The number of hydrogen-bond acceptors (Lipinski definition) is 4. The summed E-state index contributed by atoms with van der Waals surface area (Å²) in [5.74, 6) is 0.379. The zero-order valence-corrected chi connectivity index (χ0v) is 16.7. The lowest BCUT2D eigenvalue weighted by molar-refractivity contribution is -0.142. The van der Waals surface area contributed by atoms with E-state index in [2.05, 4.69) is 0 Å². The molecule has 3 aromatic carbocycles. The van der Waals surface area contributed by atoms with Gasteiger partial charge in [-0.3, -0.25) is 9.59 Å². The molecule has 0 radical (unpaired) electrons. The average molecular weight is 388 g/mol. The first-order valence-electron chi connectivity index (χ1n) is 9.62. The molecule has 0 spiro atoms. The van der Waals surface area contributed by atoms with Crippen LogP contribution in [0.1, 0.15) is 34.0 Å². The highest BCUT2D eigenvalue weighted by Crippen LogP contribution is 2.34. The lowest BCUT2D eigenvalue weighted by Crippen LogP contribution is -2.08. The Bertz CT molecular complexity index is 993. The Morgan fingerprint density at radius 1 is 0.931 bits per heavy atom. The topological polar surface area (TPSA) is 52.6 Å². The zero-order chi connectivity index (χ0) is 20.6.